The van der Waals surface area contributed by atoms with Crippen molar-refractivity contribution in [2.45, 2.75) is 45.0 Å². The number of allylic oxidation sites excluding steroid dienone is 1. The van der Waals surface area contributed by atoms with Gasteiger partial charge in [0, 0.05) is 5.92 Å². The SMILES string of the molecule is C[C@@H]1C[C@@H]2[C@H]([C@@H]3C=C(CO)[C@@H](O)[C@]4(O)[C@@H](O)C=C[C@@]14C3=O)C2(C)C. The topological polar surface area (TPSA) is 98.0 Å². The predicted molar refractivity (Wildman–Crippen MR) is 86.7 cm³/mol. The first-order valence-corrected chi connectivity index (χ1v) is 8.77. The van der Waals surface area contributed by atoms with Crippen LogP contribution in [-0.4, -0.2) is 50.6 Å². The van der Waals surface area contributed by atoms with Crippen LogP contribution >= 0.6 is 0 Å². The van der Waals surface area contributed by atoms with Gasteiger partial charge in [0.15, 0.2) is 5.78 Å². The van der Waals surface area contributed by atoms with Crippen LogP contribution in [-0.2, 0) is 4.79 Å². The van der Waals surface area contributed by atoms with Crippen molar-refractivity contribution in [1.82, 2.24) is 0 Å². The van der Waals surface area contributed by atoms with E-state index >= 15 is 0 Å². The molecule has 5 nitrogen and oxygen atoms in total. The zero-order valence-corrected chi connectivity index (χ0v) is 14.3. The van der Waals surface area contributed by atoms with E-state index < -0.39 is 35.7 Å². The second-order valence-corrected chi connectivity index (χ2v) is 8.78. The van der Waals surface area contributed by atoms with Gasteiger partial charge in [0.2, 0.25) is 0 Å². The molecule has 0 heterocycles. The molecular formula is C19H26O5. The van der Waals surface area contributed by atoms with Crippen LogP contribution in [0.2, 0.25) is 0 Å². The van der Waals surface area contributed by atoms with Gasteiger partial charge >= 0.3 is 0 Å². The summed E-state index contributed by atoms with van der Waals surface area (Å²) >= 11 is 0. The number of Topliss-reactive ketones (excluding diaryl/α,β-unsaturated/α-hetero) is 1. The molecule has 0 radical (unpaired) electrons. The third-order valence-corrected chi connectivity index (χ3v) is 7.62. The summed E-state index contributed by atoms with van der Waals surface area (Å²) in [5.41, 5.74) is -3.07. The molecule has 0 aromatic carbocycles. The number of aliphatic hydroxyl groups excluding tert-OH is 3. The van der Waals surface area contributed by atoms with Crippen molar-refractivity contribution in [2.75, 3.05) is 6.61 Å². The lowest BCUT2D eigenvalue weighted by Crippen LogP contribution is -2.64. The maximum Gasteiger partial charge on any atom is 0.153 e. The summed E-state index contributed by atoms with van der Waals surface area (Å²) in [6.07, 6.45) is 2.67. The molecule has 2 saturated carbocycles. The van der Waals surface area contributed by atoms with E-state index in [2.05, 4.69) is 13.8 Å². The number of carbonyl (C=O) groups is 1. The van der Waals surface area contributed by atoms with Gasteiger partial charge in [-0.15, -0.1) is 0 Å². The third-order valence-electron chi connectivity index (χ3n) is 7.62. The van der Waals surface area contributed by atoms with Gasteiger partial charge in [-0.1, -0.05) is 39.0 Å². The molecule has 0 aliphatic heterocycles. The predicted octanol–water partition coefficient (Wildman–Crippen LogP) is 0.425. The van der Waals surface area contributed by atoms with Crippen LogP contribution < -0.4 is 0 Å². The Hall–Kier alpha value is -1.01. The second-order valence-electron chi connectivity index (χ2n) is 8.78. The number of fused-ring (bicyclic) bond motifs is 3. The van der Waals surface area contributed by atoms with Gasteiger partial charge in [-0.05, 0) is 35.2 Å². The minimum atomic E-state index is -2.02. The van der Waals surface area contributed by atoms with Gasteiger partial charge < -0.3 is 20.4 Å². The molecule has 4 aliphatic carbocycles. The maximum atomic E-state index is 13.6. The summed E-state index contributed by atoms with van der Waals surface area (Å²) in [6.45, 7) is 5.79. The Morgan fingerprint density at radius 2 is 1.96 bits per heavy atom. The van der Waals surface area contributed by atoms with Crippen molar-refractivity contribution in [3.8, 4) is 0 Å². The Labute approximate surface area is 141 Å². The number of aliphatic hydroxyl groups is 4. The highest BCUT2D eigenvalue weighted by Crippen LogP contribution is 2.71. The molecule has 0 saturated heterocycles. The highest BCUT2D eigenvalue weighted by atomic mass is 16.4. The Kier molecular flexibility index (Phi) is 3.14. The van der Waals surface area contributed by atoms with E-state index in [1.807, 2.05) is 6.92 Å². The van der Waals surface area contributed by atoms with Crippen LogP contribution in [0, 0.1) is 34.5 Å². The van der Waals surface area contributed by atoms with Gasteiger partial charge in [0.05, 0.1) is 12.0 Å². The van der Waals surface area contributed by atoms with E-state index in [1.165, 1.54) is 6.08 Å². The number of hydrogen-bond donors (Lipinski definition) is 4. The first kappa shape index (κ1) is 16.5. The van der Waals surface area contributed by atoms with Crippen molar-refractivity contribution in [1.29, 1.82) is 0 Å². The summed E-state index contributed by atoms with van der Waals surface area (Å²) < 4.78 is 0. The summed E-state index contributed by atoms with van der Waals surface area (Å²) in [5, 5.41) is 42.4. The summed E-state index contributed by atoms with van der Waals surface area (Å²) in [4.78, 5) is 13.6. The normalized spacial score (nSPS) is 54.5. The molecule has 24 heavy (non-hydrogen) atoms. The van der Waals surface area contributed by atoms with Crippen LogP contribution in [0.25, 0.3) is 0 Å². The minimum Gasteiger partial charge on any atom is -0.392 e. The standard InChI is InChI=1S/C19H26O5/c1-9-6-12-14(17(12,2)3)11-7-10(8-20)15(22)19(24)13(21)4-5-18(9,19)16(11)23/h4-5,7,9,11-15,20-22,24H,6,8H2,1-3H3/t9-,11+,12-,13+,14+,15-,18+,19-/m1/s1. The molecule has 132 valence electrons. The van der Waals surface area contributed by atoms with Crippen molar-refractivity contribution < 1.29 is 25.2 Å². The fraction of sp³-hybridized carbons (Fsp3) is 0.737. The zero-order valence-electron chi connectivity index (χ0n) is 14.3. The van der Waals surface area contributed by atoms with Gasteiger partial charge in [-0.25, -0.2) is 0 Å². The van der Waals surface area contributed by atoms with Crippen LogP contribution in [0.3, 0.4) is 0 Å². The average molecular weight is 334 g/mol. The summed E-state index contributed by atoms with van der Waals surface area (Å²) in [7, 11) is 0. The van der Waals surface area contributed by atoms with E-state index in [1.54, 1.807) is 12.2 Å². The lowest BCUT2D eigenvalue weighted by molar-refractivity contribution is -0.189. The fourth-order valence-electron chi connectivity index (χ4n) is 6.12. The average Bonchev–Trinajstić information content (AvgIpc) is 2.98. The van der Waals surface area contributed by atoms with E-state index in [9.17, 15) is 25.2 Å². The van der Waals surface area contributed by atoms with Gasteiger partial charge in [0.1, 0.15) is 17.8 Å². The minimum absolute atomic E-state index is 0.0294. The van der Waals surface area contributed by atoms with Crippen LogP contribution in [0.4, 0.5) is 0 Å². The van der Waals surface area contributed by atoms with Crippen molar-refractivity contribution in [3.63, 3.8) is 0 Å². The molecule has 4 N–H and O–H groups in total. The Morgan fingerprint density at radius 3 is 2.58 bits per heavy atom. The van der Waals surface area contributed by atoms with Gasteiger partial charge in [0.25, 0.3) is 0 Å². The number of hydrogen-bond acceptors (Lipinski definition) is 5. The number of carbonyl (C=O) groups excluding carboxylic acids is 1. The quantitative estimate of drug-likeness (QED) is 0.521. The Morgan fingerprint density at radius 1 is 1.29 bits per heavy atom. The summed E-state index contributed by atoms with van der Waals surface area (Å²) in [6, 6.07) is 0. The molecule has 0 amide bonds. The fourth-order valence-corrected chi connectivity index (χ4v) is 6.12. The molecule has 2 fully saturated rings. The summed E-state index contributed by atoms with van der Waals surface area (Å²) in [5.74, 6) is -0.276. The molecule has 0 unspecified atom stereocenters. The van der Waals surface area contributed by atoms with E-state index in [0.717, 1.165) is 6.42 Å². The van der Waals surface area contributed by atoms with E-state index in [-0.39, 0.29) is 28.6 Å². The van der Waals surface area contributed by atoms with Crippen LogP contribution in [0.5, 0.6) is 0 Å². The molecule has 4 rings (SSSR count). The van der Waals surface area contributed by atoms with Crippen LogP contribution in [0.1, 0.15) is 27.2 Å². The first-order chi connectivity index (χ1) is 11.1. The third kappa shape index (κ3) is 1.53. The second kappa shape index (κ2) is 4.58. The van der Waals surface area contributed by atoms with Crippen molar-refractivity contribution >= 4 is 5.78 Å². The molecule has 8 atom stereocenters. The largest absolute Gasteiger partial charge is 0.392 e. The maximum absolute atomic E-state index is 13.6. The smallest absolute Gasteiger partial charge is 0.153 e. The molecule has 4 aliphatic rings. The Balaban J connectivity index is 1.97. The monoisotopic (exact) mass is 334 g/mol. The van der Waals surface area contributed by atoms with Crippen molar-refractivity contribution in [2.24, 2.45) is 34.5 Å². The number of ketones is 1. The van der Waals surface area contributed by atoms with Gasteiger partial charge in [-0.2, -0.15) is 0 Å². The first-order valence-electron chi connectivity index (χ1n) is 8.77. The lowest BCUT2D eigenvalue weighted by atomic mass is 9.59. The lowest BCUT2D eigenvalue weighted by Gasteiger charge is -2.48. The highest BCUT2D eigenvalue weighted by molar-refractivity contribution is 5.95. The molecule has 0 aromatic heterocycles. The highest BCUT2D eigenvalue weighted by Gasteiger charge is 2.74. The number of rotatable bonds is 1. The van der Waals surface area contributed by atoms with Crippen LogP contribution in [0.15, 0.2) is 23.8 Å². The molecule has 0 aromatic rings. The van der Waals surface area contributed by atoms with E-state index in [0.29, 0.717) is 5.92 Å². The van der Waals surface area contributed by atoms with Crippen molar-refractivity contribution in [3.05, 3.63) is 23.8 Å². The Bertz CT molecular complexity index is 665. The zero-order chi connectivity index (χ0) is 17.7. The van der Waals surface area contributed by atoms with Gasteiger partial charge in [-0.3, -0.25) is 4.79 Å². The molecule has 1 spiro atoms. The molecule has 2 bridgehead atoms. The molecular weight excluding hydrogens is 308 g/mol. The van der Waals surface area contributed by atoms with E-state index in [4.69, 9.17) is 0 Å². The molecule has 5 heteroatoms.